The van der Waals surface area contributed by atoms with Crippen molar-refractivity contribution in [1.29, 1.82) is 0 Å². The highest BCUT2D eigenvalue weighted by Gasteiger charge is 2.31. The Labute approximate surface area is 185 Å². The molecule has 0 aromatic heterocycles. The van der Waals surface area contributed by atoms with Crippen LogP contribution in [0.2, 0.25) is 0 Å². The molecule has 0 N–H and O–H groups in total. The van der Waals surface area contributed by atoms with Crippen molar-refractivity contribution in [2.24, 2.45) is 0 Å². The largest absolute Gasteiger partial charge is 0.416 e. The van der Waals surface area contributed by atoms with Gasteiger partial charge >= 0.3 is 6.18 Å². The highest BCUT2D eigenvalue weighted by Crippen LogP contribution is 2.32. The van der Waals surface area contributed by atoms with E-state index >= 15 is 0 Å². The van der Waals surface area contributed by atoms with Gasteiger partial charge in [0.2, 0.25) is 0 Å². The Morgan fingerprint density at radius 3 is 2.09 bits per heavy atom. The molecule has 3 aromatic carbocycles. The monoisotopic (exact) mass is 436 g/mol. The summed E-state index contributed by atoms with van der Waals surface area (Å²) in [5.74, 6) is -0.0788. The van der Waals surface area contributed by atoms with Crippen molar-refractivity contribution >= 4 is 11.5 Å². The molecule has 6 heteroatoms. The maximum Gasteiger partial charge on any atom is 0.416 e. The second-order valence-corrected chi connectivity index (χ2v) is 7.69. The summed E-state index contributed by atoms with van der Waals surface area (Å²) in [6, 6.07) is 22.9. The molecule has 3 nitrogen and oxygen atoms in total. The summed E-state index contributed by atoms with van der Waals surface area (Å²) in [4.78, 5) is 16.5. The van der Waals surface area contributed by atoms with Gasteiger partial charge in [-0.15, -0.1) is 0 Å². The van der Waals surface area contributed by atoms with Crippen LogP contribution in [0, 0.1) is 0 Å². The molecule has 4 rings (SSSR count). The van der Waals surface area contributed by atoms with Crippen LogP contribution in [-0.2, 0) is 6.18 Å². The molecule has 1 saturated heterocycles. The average Bonchev–Trinajstić information content (AvgIpc) is 2.83. The Bertz CT molecular complexity index is 1080. The number of carbonyl (C=O) groups excluding carboxylic acids is 1. The number of nitrogens with zero attached hydrogens (tertiary/aromatic N) is 2. The van der Waals surface area contributed by atoms with Crippen molar-refractivity contribution in [3.63, 3.8) is 0 Å². The van der Waals surface area contributed by atoms with Gasteiger partial charge in [-0.1, -0.05) is 60.7 Å². The van der Waals surface area contributed by atoms with Crippen LogP contribution in [0.1, 0.15) is 15.9 Å². The van der Waals surface area contributed by atoms with Gasteiger partial charge in [0.25, 0.3) is 0 Å². The first-order valence-electron chi connectivity index (χ1n) is 10.4. The Balaban J connectivity index is 1.33. The Morgan fingerprint density at radius 1 is 0.781 bits per heavy atom. The number of alkyl halides is 3. The second kappa shape index (κ2) is 9.30. The fourth-order valence-electron chi connectivity index (χ4n) is 3.74. The van der Waals surface area contributed by atoms with Crippen LogP contribution in [0.4, 0.5) is 18.9 Å². The number of rotatable bonds is 5. The van der Waals surface area contributed by atoms with Crippen molar-refractivity contribution in [2.45, 2.75) is 6.18 Å². The lowest BCUT2D eigenvalue weighted by Gasteiger charge is -2.35. The van der Waals surface area contributed by atoms with E-state index in [1.54, 1.807) is 18.3 Å². The van der Waals surface area contributed by atoms with E-state index in [0.717, 1.165) is 17.2 Å². The van der Waals surface area contributed by atoms with Crippen LogP contribution in [0.3, 0.4) is 0 Å². The number of hydrogen-bond acceptors (Lipinski definition) is 3. The van der Waals surface area contributed by atoms with Gasteiger partial charge in [0.1, 0.15) is 0 Å². The predicted molar refractivity (Wildman–Crippen MR) is 121 cm³/mol. The number of allylic oxidation sites excluding steroid dienone is 1. The molecular formula is C26H23F3N2O. The number of benzene rings is 3. The zero-order chi connectivity index (χ0) is 22.6. The van der Waals surface area contributed by atoms with Crippen LogP contribution in [0.25, 0.3) is 11.1 Å². The number of piperazine rings is 1. The Morgan fingerprint density at radius 2 is 1.44 bits per heavy atom. The van der Waals surface area contributed by atoms with Gasteiger partial charge in [0.15, 0.2) is 5.78 Å². The summed E-state index contributed by atoms with van der Waals surface area (Å²) < 4.78 is 38.9. The van der Waals surface area contributed by atoms with E-state index in [-0.39, 0.29) is 5.78 Å². The summed E-state index contributed by atoms with van der Waals surface area (Å²) in [5, 5.41) is 0. The Hall–Kier alpha value is -3.54. The lowest BCUT2D eigenvalue weighted by atomic mass is 10.0. The van der Waals surface area contributed by atoms with Crippen LogP contribution in [0.15, 0.2) is 91.1 Å². The van der Waals surface area contributed by atoms with Crippen LogP contribution >= 0.6 is 0 Å². The molecule has 1 heterocycles. The highest BCUT2D eigenvalue weighted by atomic mass is 19.4. The zero-order valence-electron chi connectivity index (χ0n) is 17.4. The number of ketones is 1. The van der Waals surface area contributed by atoms with Gasteiger partial charge in [0.05, 0.1) is 5.56 Å². The van der Waals surface area contributed by atoms with Gasteiger partial charge in [-0.05, 0) is 29.3 Å². The van der Waals surface area contributed by atoms with Crippen LogP contribution in [0.5, 0.6) is 0 Å². The normalized spacial score (nSPS) is 14.7. The molecule has 1 aliphatic heterocycles. The molecule has 3 aromatic rings. The van der Waals surface area contributed by atoms with E-state index in [1.165, 1.54) is 12.1 Å². The van der Waals surface area contributed by atoms with Crippen molar-refractivity contribution in [3.05, 3.63) is 102 Å². The summed E-state index contributed by atoms with van der Waals surface area (Å²) in [6.07, 6.45) is -1.02. The number of carbonyl (C=O) groups is 1. The molecule has 0 bridgehead atoms. The maximum atomic E-state index is 13.0. The predicted octanol–water partition coefficient (Wildman–Crippen LogP) is 5.89. The van der Waals surface area contributed by atoms with Crippen molar-refractivity contribution in [2.75, 3.05) is 31.1 Å². The number of hydrogen-bond donors (Lipinski definition) is 0. The molecule has 0 spiro atoms. The van der Waals surface area contributed by atoms with Crippen LogP contribution in [-0.4, -0.2) is 36.9 Å². The lowest BCUT2D eigenvalue weighted by molar-refractivity contribution is -0.137. The summed E-state index contributed by atoms with van der Waals surface area (Å²) in [7, 11) is 0. The third-order valence-corrected chi connectivity index (χ3v) is 5.57. The standard InChI is InChI=1S/C26H23F3N2O/c27-26(28,29)23-7-4-8-24(19-23)31-17-15-30(16-18-31)14-13-25(32)22-11-9-21(10-12-22)20-5-2-1-3-6-20/h1-14,19H,15-18H2/b14-13+. The third-order valence-electron chi connectivity index (χ3n) is 5.57. The fourth-order valence-corrected chi connectivity index (χ4v) is 3.74. The third kappa shape index (κ3) is 5.19. The maximum absolute atomic E-state index is 13.0. The molecule has 0 aliphatic carbocycles. The fraction of sp³-hybridized carbons (Fsp3) is 0.192. The van der Waals surface area contributed by atoms with E-state index in [9.17, 15) is 18.0 Å². The molecule has 0 radical (unpaired) electrons. The molecule has 0 atom stereocenters. The SMILES string of the molecule is O=C(/C=C/N1CCN(c2cccc(C(F)(F)F)c2)CC1)c1ccc(-c2ccccc2)cc1. The molecular weight excluding hydrogens is 413 g/mol. The van der Waals surface area contributed by atoms with E-state index in [4.69, 9.17) is 0 Å². The quantitative estimate of drug-likeness (QED) is 0.368. The van der Waals surface area contributed by atoms with Gasteiger partial charge in [0, 0.05) is 49.7 Å². The molecule has 32 heavy (non-hydrogen) atoms. The molecule has 1 aliphatic rings. The van der Waals surface area contributed by atoms with Crippen LogP contribution < -0.4 is 4.90 Å². The number of anilines is 1. The first kappa shape index (κ1) is 21.7. The smallest absolute Gasteiger partial charge is 0.374 e. The van der Waals surface area contributed by atoms with E-state index in [2.05, 4.69) is 0 Å². The summed E-state index contributed by atoms with van der Waals surface area (Å²) in [5.41, 5.74) is 2.69. The van der Waals surface area contributed by atoms with Crippen molar-refractivity contribution < 1.29 is 18.0 Å². The minimum absolute atomic E-state index is 0.0788. The van der Waals surface area contributed by atoms with Crippen molar-refractivity contribution in [3.8, 4) is 11.1 Å². The Kier molecular flexibility index (Phi) is 6.30. The minimum atomic E-state index is -4.35. The zero-order valence-corrected chi connectivity index (χ0v) is 17.4. The van der Waals surface area contributed by atoms with Gasteiger partial charge in [-0.2, -0.15) is 13.2 Å². The van der Waals surface area contributed by atoms with Crippen molar-refractivity contribution in [1.82, 2.24) is 4.90 Å². The van der Waals surface area contributed by atoms with Gasteiger partial charge in [-0.3, -0.25) is 4.79 Å². The molecule has 0 unspecified atom stereocenters. The molecule has 1 fully saturated rings. The summed E-state index contributed by atoms with van der Waals surface area (Å²) >= 11 is 0. The van der Waals surface area contributed by atoms with Gasteiger partial charge < -0.3 is 9.80 Å². The first-order valence-corrected chi connectivity index (χ1v) is 10.4. The molecule has 0 saturated carbocycles. The highest BCUT2D eigenvalue weighted by molar-refractivity contribution is 6.04. The lowest BCUT2D eigenvalue weighted by Crippen LogP contribution is -2.44. The van der Waals surface area contributed by atoms with E-state index in [1.807, 2.05) is 64.4 Å². The second-order valence-electron chi connectivity index (χ2n) is 7.69. The topological polar surface area (TPSA) is 23.6 Å². The molecule has 0 amide bonds. The average molecular weight is 436 g/mol. The first-order chi connectivity index (χ1) is 15.4. The van der Waals surface area contributed by atoms with Gasteiger partial charge in [-0.25, -0.2) is 0 Å². The molecule has 164 valence electrons. The number of halogens is 3. The van der Waals surface area contributed by atoms with E-state index in [0.29, 0.717) is 37.4 Å². The van der Waals surface area contributed by atoms with E-state index < -0.39 is 11.7 Å². The summed E-state index contributed by atoms with van der Waals surface area (Å²) in [6.45, 7) is 2.44. The minimum Gasteiger partial charge on any atom is -0.374 e.